The normalized spacial score (nSPS) is 17.1. The van der Waals surface area contributed by atoms with Crippen molar-refractivity contribution in [2.24, 2.45) is 0 Å². The quantitative estimate of drug-likeness (QED) is 0.735. The van der Waals surface area contributed by atoms with Crippen LogP contribution >= 0.6 is 0 Å². The minimum atomic E-state index is -0.771. The second kappa shape index (κ2) is 3.15. The maximum absolute atomic E-state index is 11.1. The number of hydrogen-bond acceptors (Lipinski definition) is 3. The first-order valence-corrected chi connectivity index (χ1v) is 4.77. The molecule has 0 unspecified atom stereocenters. The van der Waals surface area contributed by atoms with E-state index in [9.17, 15) is 4.79 Å². The second-order valence-electron chi connectivity index (χ2n) is 3.84. The predicted octanol–water partition coefficient (Wildman–Crippen LogP) is 1.39. The lowest BCUT2D eigenvalue weighted by molar-refractivity contribution is -0.140. The number of benzene rings is 1. The molecule has 1 saturated carbocycles. The van der Waals surface area contributed by atoms with Gasteiger partial charge in [0.1, 0.15) is 5.75 Å². The van der Waals surface area contributed by atoms with Gasteiger partial charge in [-0.1, -0.05) is 6.07 Å². The van der Waals surface area contributed by atoms with Crippen LogP contribution in [-0.4, -0.2) is 18.2 Å². The topological polar surface area (TPSA) is 72.5 Å². The van der Waals surface area contributed by atoms with Crippen molar-refractivity contribution in [3.05, 3.63) is 23.8 Å². The van der Waals surface area contributed by atoms with E-state index in [-0.39, 0.29) is 0 Å². The van der Waals surface area contributed by atoms with Crippen molar-refractivity contribution in [1.82, 2.24) is 0 Å². The molecule has 4 heteroatoms. The van der Waals surface area contributed by atoms with Crippen LogP contribution in [0.15, 0.2) is 18.2 Å². The zero-order valence-corrected chi connectivity index (χ0v) is 8.49. The average Bonchev–Trinajstić information content (AvgIpc) is 2.98. The van der Waals surface area contributed by atoms with Crippen LogP contribution in [-0.2, 0) is 10.2 Å². The third kappa shape index (κ3) is 1.42. The minimum absolute atomic E-state index is 0.488. The first-order chi connectivity index (χ1) is 7.10. The number of carbonyl (C=O) groups is 1. The highest BCUT2D eigenvalue weighted by Gasteiger charge is 2.51. The van der Waals surface area contributed by atoms with Crippen molar-refractivity contribution < 1.29 is 14.6 Å². The molecule has 0 heterocycles. The summed E-state index contributed by atoms with van der Waals surface area (Å²) in [6, 6.07) is 5.18. The summed E-state index contributed by atoms with van der Waals surface area (Å²) in [4.78, 5) is 11.1. The van der Waals surface area contributed by atoms with E-state index in [4.69, 9.17) is 15.6 Å². The number of carboxylic acids is 1. The van der Waals surface area contributed by atoms with Crippen molar-refractivity contribution in [1.29, 1.82) is 0 Å². The molecule has 0 atom stereocenters. The number of carboxylic acid groups (broad SMARTS) is 1. The number of anilines is 1. The molecule has 0 aromatic heterocycles. The maximum Gasteiger partial charge on any atom is 0.314 e. The molecule has 0 radical (unpaired) electrons. The smallest absolute Gasteiger partial charge is 0.314 e. The first-order valence-electron chi connectivity index (χ1n) is 4.77. The van der Waals surface area contributed by atoms with Crippen LogP contribution in [0.2, 0.25) is 0 Å². The molecule has 0 saturated heterocycles. The second-order valence-corrected chi connectivity index (χ2v) is 3.84. The van der Waals surface area contributed by atoms with Crippen LogP contribution in [0.4, 0.5) is 5.69 Å². The van der Waals surface area contributed by atoms with Gasteiger partial charge in [0.25, 0.3) is 0 Å². The van der Waals surface area contributed by atoms with Gasteiger partial charge in [0.2, 0.25) is 0 Å². The summed E-state index contributed by atoms with van der Waals surface area (Å²) < 4.78 is 5.02. The van der Waals surface area contributed by atoms with Gasteiger partial charge < -0.3 is 15.6 Å². The van der Waals surface area contributed by atoms with Gasteiger partial charge >= 0.3 is 5.97 Å². The van der Waals surface area contributed by atoms with Gasteiger partial charge in [-0.25, -0.2) is 0 Å². The zero-order valence-electron chi connectivity index (χ0n) is 8.49. The summed E-state index contributed by atoms with van der Waals surface area (Å²) >= 11 is 0. The van der Waals surface area contributed by atoms with E-state index in [1.54, 1.807) is 18.2 Å². The van der Waals surface area contributed by atoms with E-state index >= 15 is 0 Å². The molecule has 0 spiro atoms. The molecule has 2 rings (SSSR count). The predicted molar refractivity (Wildman–Crippen MR) is 56.0 cm³/mol. The van der Waals surface area contributed by atoms with Gasteiger partial charge in [0, 0.05) is 0 Å². The van der Waals surface area contributed by atoms with E-state index in [2.05, 4.69) is 0 Å². The molecular weight excluding hydrogens is 194 g/mol. The largest absolute Gasteiger partial charge is 0.495 e. The van der Waals surface area contributed by atoms with E-state index in [1.807, 2.05) is 0 Å². The Hall–Kier alpha value is -1.71. The number of nitrogens with two attached hydrogens (primary N) is 1. The Bertz CT molecular complexity index is 410. The SMILES string of the molecule is COc1ccc(C2(C(=O)O)CC2)cc1N. The van der Waals surface area contributed by atoms with Crippen LogP contribution in [0.5, 0.6) is 5.75 Å². The van der Waals surface area contributed by atoms with E-state index in [1.165, 1.54) is 7.11 Å². The molecule has 3 N–H and O–H groups in total. The van der Waals surface area contributed by atoms with Gasteiger partial charge in [-0.15, -0.1) is 0 Å². The van der Waals surface area contributed by atoms with Crippen LogP contribution < -0.4 is 10.5 Å². The molecule has 1 aliphatic rings. The third-order valence-electron chi connectivity index (χ3n) is 2.94. The minimum Gasteiger partial charge on any atom is -0.495 e. The van der Waals surface area contributed by atoms with Crippen LogP contribution in [0.3, 0.4) is 0 Å². The number of ether oxygens (including phenoxy) is 1. The number of rotatable bonds is 3. The van der Waals surface area contributed by atoms with E-state index < -0.39 is 11.4 Å². The number of methoxy groups -OCH3 is 1. The fourth-order valence-corrected chi connectivity index (χ4v) is 1.78. The summed E-state index contributed by atoms with van der Waals surface area (Å²) in [6.45, 7) is 0. The van der Waals surface area contributed by atoms with Gasteiger partial charge in [-0.05, 0) is 30.5 Å². The summed E-state index contributed by atoms with van der Waals surface area (Å²) in [5.74, 6) is -0.188. The highest BCUT2D eigenvalue weighted by Crippen LogP contribution is 2.49. The first kappa shape index (κ1) is 9.83. The average molecular weight is 207 g/mol. The molecule has 80 valence electrons. The van der Waals surface area contributed by atoms with Crippen molar-refractivity contribution >= 4 is 11.7 Å². The lowest BCUT2D eigenvalue weighted by atomic mass is 9.95. The molecule has 1 fully saturated rings. The number of nitrogen functional groups attached to an aromatic ring is 1. The Morgan fingerprint density at radius 2 is 2.20 bits per heavy atom. The van der Waals surface area contributed by atoms with Gasteiger partial charge in [-0.2, -0.15) is 0 Å². The Morgan fingerprint density at radius 1 is 1.53 bits per heavy atom. The highest BCUT2D eigenvalue weighted by atomic mass is 16.5. The fraction of sp³-hybridized carbons (Fsp3) is 0.364. The molecule has 15 heavy (non-hydrogen) atoms. The van der Waals surface area contributed by atoms with Crippen molar-refractivity contribution in [3.63, 3.8) is 0 Å². The molecule has 4 nitrogen and oxygen atoms in total. The van der Waals surface area contributed by atoms with Gasteiger partial charge in [0.15, 0.2) is 0 Å². The molecule has 0 amide bonds. The van der Waals surface area contributed by atoms with E-state index in [0.717, 1.165) is 5.56 Å². The molecule has 1 aliphatic carbocycles. The zero-order chi connectivity index (χ0) is 11.1. The number of hydrogen-bond donors (Lipinski definition) is 2. The molecule has 1 aromatic rings. The monoisotopic (exact) mass is 207 g/mol. The van der Waals surface area contributed by atoms with Gasteiger partial charge in [0.05, 0.1) is 18.2 Å². The molecule has 1 aromatic carbocycles. The highest BCUT2D eigenvalue weighted by molar-refractivity contribution is 5.85. The molecule has 0 bridgehead atoms. The Labute approximate surface area is 87.7 Å². The Balaban J connectivity index is 2.39. The van der Waals surface area contributed by atoms with Crippen LogP contribution in [0.1, 0.15) is 18.4 Å². The Kier molecular flexibility index (Phi) is 2.07. The van der Waals surface area contributed by atoms with E-state index in [0.29, 0.717) is 24.3 Å². The summed E-state index contributed by atoms with van der Waals surface area (Å²) in [7, 11) is 1.54. The van der Waals surface area contributed by atoms with Crippen LogP contribution in [0, 0.1) is 0 Å². The fourth-order valence-electron chi connectivity index (χ4n) is 1.78. The summed E-state index contributed by atoms with van der Waals surface area (Å²) in [5.41, 5.74) is 6.30. The lowest BCUT2D eigenvalue weighted by Gasteiger charge is -2.12. The van der Waals surface area contributed by atoms with Crippen molar-refractivity contribution in [3.8, 4) is 5.75 Å². The van der Waals surface area contributed by atoms with Crippen molar-refractivity contribution in [2.45, 2.75) is 18.3 Å². The Morgan fingerprint density at radius 3 is 2.60 bits per heavy atom. The van der Waals surface area contributed by atoms with Gasteiger partial charge in [-0.3, -0.25) is 4.79 Å². The van der Waals surface area contributed by atoms with Crippen molar-refractivity contribution in [2.75, 3.05) is 12.8 Å². The third-order valence-corrected chi connectivity index (χ3v) is 2.94. The van der Waals surface area contributed by atoms with Crippen LogP contribution in [0.25, 0.3) is 0 Å². The lowest BCUT2D eigenvalue weighted by Crippen LogP contribution is -2.19. The molecule has 0 aliphatic heterocycles. The maximum atomic E-state index is 11.1. The summed E-state index contributed by atoms with van der Waals surface area (Å²) in [5, 5.41) is 9.10. The summed E-state index contributed by atoms with van der Waals surface area (Å²) in [6.07, 6.45) is 1.38. The number of aliphatic carboxylic acids is 1. The molecular formula is C11H13NO3. The standard InChI is InChI=1S/C11H13NO3/c1-15-9-3-2-7(6-8(9)12)11(4-5-11)10(13)14/h2-3,6H,4-5,12H2,1H3,(H,13,14).